The van der Waals surface area contributed by atoms with Crippen LogP contribution in [-0.4, -0.2) is 49.7 Å². The zero-order valence-corrected chi connectivity index (χ0v) is 13.2. The molecule has 0 aliphatic carbocycles. The van der Waals surface area contributed by atoms with E-state index in [4.69, 9.17) is 0 Å². The van der Waals surface area contributed by atoms with Crippen LogP contribution in [0.25, 0.3) is 0 Å². The summed E-state index contributed by atoms with van der Waals surface area (Å²) in [7, 11) is -2.40. The van der Waals surface area contributed by atoms with Crippen LogP contribution >= 0.6 is 0 Å². The van der Waals surface area contributed by atoms with Crippen LogP contribution in [0.3, 0.4) is 0 Å². The largest absolute Gasteiger partial charge is 0.343 e. The molecule has 0 unspecified atom stereocenters. The normalized spacial score (nSPS) is 17.5. The molecule has 0 atom stereocenters. The molecule has 0 N–H and O–H groups in total. The van der Waals surface area contributed by atoms with E-state index < -0.39 is 26.6 Å². The molecule has 1 amide bonds. The summed E-state index contributed by atoms with van der Waals surface area (Å²) in [5.41, 5.74) is 0. The fourth-order valence-electron chi connectivity index (χ4n) is 2.54. The van der Waals surface area contributed by atoms with Crippen molar-refractivity contribution in [2.45, 2.75) is 30.7 Å². The van der Waals surface area contributed by atoms with Gasteiger partial charge in [-0.2, -0.15) is 4.31 Å². The van der Waals surface area contributed by atoms with Crippen molar-refractivity contribution in [2.24, 2.45) is 0 Å². The number of carbonyl (C=O) groups is 1. The second-order valence-corrected chi connectivity index (χ2v) is 7.25. The van der Waals surface area contributed by atoms with Gasteiger partial charge in [0, 0.05) is 33.1 Å². The molecule has 0 aromatic heterocycles. The van der Waals surface area contributed by atoms with E-state index in [0.717, 1.165) is 16.4 Å². The van der Waals surface area contributed by atoms with Crippen molar-refractivity contribution in [2.75, 3.05) is 20.1 Å². The van der Waals surface area contributed by atoms with Gasteiger partial charge in [-0.15, -0.1) is 0 Å². The Labute approximate surface area is 128 Å². The zero-order valence-electron chi connectivity index (χ0n) is 12.4. The number of sulfonamides is 1. The van der Waals surface area contributed by atoms with Gasteiger partial charge in [0.2, 0.25) is 15.9 Å². The molecule has 1 fully saturated rings. The molecule has 1 saturated heterocycles. The maximum atomic E-state index is 13.7. The van der Waals surface area contributed by atoms with E-state index in [1.165, 1.54) is 6.92 Å². The predicted molar refractivity (Wildman–Crippen MR) is 76.6 cm³/mol. The fraction of sp³-hybridized carbons (Fsp3) is 0.500. The highest BCUT2D eigenvalue weighted by molar-refractivity contribution is 7.89. The lowest BCUT2D eigenvalue weighted by molar-refractivity contribution is -0.130. The topological polar surface area (TPSA) is 57.7 Å². The van der Waals surface area contributed by atoms with Crippen molar-refractivity contribution in [1.82, 2.24) is 9.21 Å². The third-order valence-corrected chi connectivity index (χ3v) is 5.89. The number of nitrogens with zero attached hydrogens (tertiary/aromatic N) is 2. The highest BCUT2D eigenvalue weighted by Gasteiger charge is 2.33. The molecule has 1 heterocycles. The Kier molecular flexibility index (Phi) is 4.81. The number of piperidine rings is 1. The van der Waals surface area contributed by atoms with E-state index in [2.05, 4.69) is 0 Å². The van der Waals surface area contributed by atoms with Crippen LogP contribution in [0.4, 0.5) is 8.78 Å². The summed E-state index contributed by atoms with van der Waals surface area (Å²) in [5, 5.41) is 0. The lowest BCUT2D eigenvalue weighted by atomic mass is 10.1. The number of halogens is 2. The summed E-state index contributed by atoms with van der Waals surface area (Å²) in [4.78, 5) is 12.3. The first-order valence-electron chi connectivity index (χ1n) is 6.92. The van der Waals surface area contributed by atoms with Crippen molar-refractivity contribution in [3.8, 4) is 0 Å². The van der Waals surface area contributed by atoms with Gasteiger partial charge in [-0.05, 0) is 31.0 Å². The smallest absolute Gasteiger partial charge is 0.246 e. The Morgan fingerprint density at radius 3 is 2.41 bits per heavy atom. The van der Waals surface area contributed by atoms with Gasteiger partial charge in [0.25, 0.3) is 0 Å². The molecule has 0 radical (unpaired) electrons. The minimum absolute atomic E-state index is 0.0405. The Balaban J connectivity index is 2.16. The molecule has 5 nitrogen and oxygen atoms in total. The number of hydrogen-bond donors (Lipinski definition) is 0. The zero-order chi connectivity index (χ0) is 16.5. The van der Waals surface area contributed by atoms with Gasteiger partial charge in [-0.1, -0.05) is 0 Å². The van der Waals surface area contributed by atoms with Crippen LogP contribution in [-0.2, 0) is 14.8 Å². The van der Waals surface area contributed by atoms with Gasteiger partial charge >= 0.3 is 0 Å². The summed E-state index contributed by atoms with van der Waals surface area (Å²) in [6.07, 6.45) is 0.929. The number of hydrogen-bond acceptors (Lipinski definition) is 3. The SMILES string of the molecule is CC(=O)N(C)C1CCN(S(=O)(=O)c2cc(F)ccc2F)CC1. The van der Waals surface area contributed by atoms with Gasteiger partial charge in [0.05, 0.1) is 0 Å². The van der Waals surface area contributed by atoms with Crippen LogP contribution in [0.15, 0.2) is 23.1 Å². The predicted octanol–water partition coefficient (Wildman–Crippen LogP) is 1.60. The highest BCUT2D eigenvalue weighted by atomic mass is 32.2. The second-order valence-electron chi connectivity index (χ2n) is 5.34. The van der Waals surface area contributed by atoms with Gasteiger partial charge < -0.3 is 4.90 Å². The summed E-state index contributed by atoms with van der Waals surface area (Å²) in [6, 6.07) is 2.33. The standard InChI is InChI=1S/C14H18F2N2O3S/c1-10(19)17(2)12-5-7-18(8-6-12)22(20,21)14-9-11(15)3-4-13(14)16/h3-4,9,12H,5-8H2,1-2H3. The first-order valence-corrected chi connectivity index (χ1v) is 8.36. The lowest BCUT2D eigenvalue weighted by Crippen LogP contribution is -2.46. The molecule has 0 saturated carbocycles. The Bertz CT molecular complexity index is 671. The second kappa shape index (κ2) is 6.29. The third-order valence-electron chi connectivity index (χ3n) is 3.98. The number of rotatable bonds is 3. The molecule has 1 aromatic rings. The van der Waals surface area contributed by atoms with E-state index >= 15 is 0 Å². The first-order chi connectivity index (χ1) is 10.2. The van der Waals surface area contributed by atoms with Crippen molar-refractivity contribution >= 4 is 15.9 Å². The average molecular weight is 332 g/mol. The molecule has 1 aliphatic heterocycles. The van der Waals surface area contributed by atoms with E-state index in [9.17, 15) is 22.0 Å². The summed E-state index contributed by atoms with van der Waals surface area (Å²) < 4.78 is 52.9. The summed E-state index contributed by atoms with van der Waals surface area (Å²) >= 11 is 0. The van der Waals surface area contributed by atoms with Gasteiger partial charge in [0.15, 0.2) is 0 Å². The Morgan fingerprint density at radius 2 is 1.86 bits per heavy atom. The van der Waals surface area contributed by atoms with Crippen LogP contribution < -0.4 is 0 Å². The Hall–Kier alpha value is -1.54. The monoisotopic (exact) mass is 332 g/mol. The van der Waals surface area contributed by atoms with E-state index in [1.54, 1.807) is 11.9 Å². The van der Waals surface area contributed by atoms with E-state index in [-0.39, 0.29) is 25.0 Å². The lowest BCUT2D eigenvalue weighted by Gasteiger charge is -2.35. The van der Waals surface area contributed by atoms with Gasteiger partial charge in [-0.3, -0.25) is 4.79 Å². The molecule has 0 spiro atoms. The van der Waals surface area contributed by atoms with Crippen LogP contribution in [0.1, 0.15) is 19.8 Å². The average Bonchev–Trinajstić information content (AvgIpc) is 2.48. The highest BCUT2D eigenvalue weighted by Crippen LogP contribution is 2.25. The molecule has 22 heavy (non-hydrogen) atoms. The van der Waals surface area contributed by atoms with Crippen LogP contribution in [0.5, 0.6) is 0 Å². The fourth-order valence-corrected chi connectivity index (χ4v) is 4.09. The van der Waals surface area contributed by atoms with Crippen molar-refractivity contribution in [1.29, 1.82) is 0 Å². The van der Waals surface area contributed by atoms with Crippen molar-refractivity contribution < 1.29 is 22.0 Å². The molecule has 0 bridgehead atoms. The minimum atomic E-state index is -4.07. The van der Waals surface area contributed by atoms with Gasteiger partial charge in [0.1, 0.15) is 16.5 Å². The number of carbonyl (C=O) groups excluding carboxylic acids is 1. The quantitative estimate of drug-likeness (QED) is 0.845. The molecule has 1 aromatic carbocycles. The van der Waals surface area contributed by atoms with E-state index in [1.807, 2.05) is 0 Å². The molecule has 2 rings (SSSR count). The van der Waals surface area contributed by atoms with Crippen LogP contribution in [0, 0.1) is 11.6 Å². The Morgan fingerprint density at radius 1 is 1.27 bits per heavy atom. The van der Waals surface area contributed by atoms with Gasteiger partial charge in [-0.25, -0.2) is 17.2 Å². The van der Waals surface area contributed by atoms with Crippen molar-refractivity contribution in [3.63, 3.8) is 0 Å². The van der Waals surface area contributed by atoms with E-state index in [0.29, 0.717) is 18.9 Å². The van der Waals surface area contributed by atoms with Crippen LogP contribution in [0.2, 0.25) is 0 Å². The maximum absolute atomic E-state index is 13.7. The summed E-state index contributed by atoms with van der Waals surface area (Å²) in [6.45, 7) is 1.78. The molecular weight excluding hydrogens is 314 g/mol. The first kappa shape index (κ1) is 16.8. The third kappa shape index (κ3) is 3.27. The maximum Gasteiger partial charge on any atom is 0.246 e. The number of benzene rings is 1. The summed E-state index contributed by atoms with van der Waals surface area (Å²) in [5.74, 6) is -1.85. The van der Waals surface area contributed by atoms with Crippen molar-refractivity contribution in [3.05, 3.63) is 29.8 Å². The molecule has 8 heteroatoms. The molecular formula is C14H18F2N2O3S. The minimum Gasteiger partial charge on any atom is -0.343 e. The number of amides is 1. The molecule has 1 aliphatic rings. The molecule has 122 valence electrons.